The largest absolute Gasteiger partial charge is 0.301 e. The fourth-order valence-corrected chi connectivity index (χ4v) is 2.47. The molecule has 0 radical (unpaired) electrons. The fraction of sp³-hybridized carbons (Fsp3) is 0.462. The number of nitrogens with one attached hydrogen (secondary N) is 1. The molecule has 0 heterocycles. The van der Waals surface area contributed by atoms with Crippen LogP contribution in [0.25, 0.3) is 0 Å². The van der Waals surface area contributed by atoms with Gasteiger partial charge in [0.05, 0.1) is 12.5 Å². The van der Waals surface area contributed by atoms with Gasteiger partial charge in [-0.1, -0.05) is 25.5 Å². The zero-order valence-corrected chi connectivity index (χ0v) is 12.1. The van der Waals surface area contributed by atoms with E-state index in [1.165, 1.54) is 4.31 Å². The Morgan fingerprint density at radius 3 is 2.47 bits per heavy atom. The smallest absolute Gasteiger partial charge is 0.271 e. The van der Waals surface area contributed by atoms with Crippen LogP contribution in [0.1, 0.15) is 25.3 Å². The lowest BCUT2D eigenvalue weighted by molar-refractivity contribution is 0.463. The van der Waals surface area contributed by atoms with Crippen LogP contribution >= 0.6 is 0 Å². The molecule has 0 unspecified atom stereocenters. The summed E-state index contributed by atoms with van der Waals surface area (Å²) >= 11 is 0. The molecule has 19 heavy (non-hydrogen) atoms. The quantitative estimate of drug-likeness (QED) is 0.832. The van der Waals surface area contributed by atoms with Crippen LogP contribution in [0, 0.1) is 11.3 Å². The molecular formula is C13H19N3O2S. The number of hydrogen-bond acceptors (Lipinski definition) is 3. The lowest BCUT2D eigenvalue weighted by Crippen LogP contribution is -2.33. The van der Waals surface area contributed by atoms with Crippen LogP contribution < -0.4 is 4.72 Å². The number of benzene rings is 1. The topological polar surface area (TPSA) is 73.2 Å². The molecule has 0 saturated heterocycles. The molecular weight excluding hydrogens is 262 g/mol. The van der Waals surface area contributed by atoms with Gasteiger partial charge in [-0.15, -0.1) is 0 Å². The number of anilines is 1. The van der Waals surface area contributed by atoms with Crippen molar-refractivity contribution < 1.29 is 8.42 Å². The maximum Gasteiger partial charge on any atom is 0.301 e. The third-order valence-corrected chi connectivity index (χ3v) is 4.22. The summed E-state index contributed by atoms with van der Waals surface area (Å²) in [5.41, 5.74) is 1.37. The molecule has 0 bridgehead atoms. The Hall–Kier alpha value is -1.58. The van der Waals surface area contributed by atoms with E-state index in [1.54, 1.807) is 31.3 Å². The predicted octanol–water partition coefficient (Wildman–Crippen LogP) is 2.14. The molecule has 1 rings (SSSR count). The highest BCUT2D eigenvalue weighted by Gasteiger charge is 2.16. The average Bonchev–Trinajstić information content (AvgIpc) is 2.38. The van der Waals surface area contributed by atoms with E-state index in [-0.39, 0.29) is 0 Å². The van der Waals surface area contributed by atoms with Gasteiger partial charge in [-0.2, -0.15) is 18.0 Å². The molecule has 0 fully saturated rings. The first kappa shape index (κ1) is 15.5. The van der Waals surface area contributed by atoms with Crippen molar-refractivity contribution in [2.75, 3.05) is 18.3 Å². The Bertz CT molecular complexity index is 532. The van der Waals surface area contributed by atoms with Crippen LogP contribution in [0.3, 0.4) is 0 Å². The van der Waals surface area contributed by atoms with Gasteiger partial charge in [0.1, 0.15) is 0 Å². The van der Waals surface area contributed by atoms with E-state index < -0.39 is 10.2 Å². The second kappa shape index (κ2) is 7.12. The van der Waals surface area contributed by atoms with Crippen molar-refractivity contribution in [1.29, 1.82) is 5.26 Å². The molecule has 0 spiro atoms. The second-order valence-electron chi connectivity index (χ2n) is 4.31. The van der Waals surface area contributed by atoms with Crippen molar-refractivity contribution in [3.63, 3.8) is 0 Å². The summed E-state index contributed by atoms with van der Waals surface area (Å²) < 4.78 is 27.8. The summed E-state index contributed by atoms with van der Waals surface area (Å²) in [5.74, 6) is 0. The normalized spacial score (nSPS) is 11.3. The Kier molecular flexibility index (Phi) is 5.80. The molecule has 6 heteroatoms. The molecule has 0 aliphatic rings. The minimum atomic E-state index is -3.49. The number of unbranched alkanes of at least 4 members (excludes halogenated alkanes) is 1. The van der Waals surface area contributed by atoms with Gasteiger partial charge < -0.3 is 0 Å². The standard InChI is InChI=1S/C13H19N3O2S/c1-3-4-11-16(2)19(17,18)15-13-7-5-12(6-8-13)9-10-14/h5-8,15H,3-4,9,11H2,1-2H3. The van der Waals surface area contributed by atoms with Gasteiger partial charge in [0.25, 0.3) is 0 Å². The third kappa shape index (κ3) is 4.89. The van der Waals surface area contributed by atoms with Gasteiger partial charge >= 0.3 is 10.2 Å². The predicted molar refractivity (Wildman–Crippen MR) is 75.8 cm³/mol. The first-order chi connectivity index (χ1) is 8.99. The van der Waals surface area contributed by atoms with E-state index in [2.05, 4.69) is 4.72 Å². The van der Waals surface area contributed by atoms with E-state index in [0.29, 0.717) is 18.7 Å². The maximum absolute atomic E-state index is 12.0. The van der Waals surface area contributed by atoms with Crippen molar-refractivity contribution in [2.24, 2.45) is 0 Å². The molecule has 104 valence electrons. The molecule has 1 aromatic rings. The highest BCUT2D eigenvalue weighted by atomic mass is 32.2. The molecule has 5 nitrogen and oxygen atoms in total. The van der Waals surface area contributed by atoms with Crippen molar-refractivity contribution in [2.45, 2.75) is 26.2 Å². The summed E-state index contributed by atoms with van der Waals surface area (Å²) in [6, 6.07) is 8.86. The van der Waals surface area contributed by atoms with Crippen LogP contribution in [0.4, 0.5) is 5.69 Å². The number of nitrogens with zero attached hydrogens (tertiary/aromatic N) is 2. The number of nitriles is 1. The number of rotatable bonds is 7. The molecule has 0 atom stereocenters. The molecule has 0 aromatic heterocycles. The molecule has 0 aliphatic heterocycles. The van der Waals surface area contributed by atoms with Crippen molar-refractivity contribution in [3.8, 4) is 6.07 Å². The first-order valence-electron chi connectivity index (χ1n) is 6.19. The Labute approximate surface area is 115 Å². The third-order valence-electron chi connectivity index (χ3n) is 2.72. The first-order valence-corrected chi connectivity index (χ1v) is 7.63. The van der Waals surface area contributed by atoms with Crippen LogP contribution in [0.5, 0.6) is 0 Å². The fourth-order valence-electron chi connectivity index (χ4n) is 1.51. The molecule has 1 N–H and O–H groups in total. The van der Waals surface area contributed by atoms with E-state index in [1.807, 2.05) is 13.0 Å². The summed E-state index contributed by atoms with van der Waals surface area (Å²) in [6.45, 7) is 2.51. The lowest BCUT2D eigenvalue weighted by Gasteiger charge is -2.18. The van der Waals surface area contributed by atoms with Gasteiger partial charge in [0, 0.05) is 19.3 Å². The van der Waals surface area contributed by atoms with Gasteiger partial charge in [-0.05, 0) is 24.1 Å². The maximum atomic E-state index is 12.0. The van der Waals surface area contributed by atoms with E-state index in [9.17, 15) is 8.42 Å². The van der Waals surface area contributed by atoms with Crippen LogP contribution in [-0.4, -0.2) is 26.3 Å². The minimum Gasteiger partial charge on any atom is -0.271 e. The van der Waals surface area contributed by atoms with Gasteiger partial charge in [-0.3, -0.25) is 4.72 Å². The Balaban J connectivity index is 2.70. The zero-order valence-electron chi connectivity index (χ0n) is 11.3. The van der Waals surface area contributed by atoms with Crippen molar-refractivity contribution in [1.82, 2.24) is 4.31 Å². The van der Waals surface area contributed by atoms with Crippen molar-refractivity contribution >= 4 is 15.9 Å². The molecule has 0 amide bonds. The van der Waals surface area contributed by atoms with Gasteiger partial charge in [-0.25, -0.2) is 0 Å². The highest BCUT2D eigenvalue weighted by Crippen LogP contribution is 2.13. The molecule has 0 saturated carbocycles. The summed E-state index contributed by atoms with van der Waals surface area (Å²) in [6.07, 6.45) is 2.10. The van der Waals surface area contributed by atoms with E-state index in [0.717, 1.165) is 18.4 Å². The van der Waals surface area contributed by atoms with Crippen LogP contribution in [0.15, 0.2) is 24.3 Å². The Morgan fingerprint density at radius 1 is 1.32 bits per heavy atom. The van der Waals surface area contributed by atoms with Gasteiger partial charge in [0.15, 0.2) is 0 Å². The average molecular weight is 281 g/mol. The molecule has 1 aromatic carbocycles. The lowest BCUT2D eigenvalue weighted by atomic mass is 10.1. The summed E-state index contributed by atoms with van der Waals surface area (Å²) in [4.78, 5) is 0. The van der Waals surface area contributed by atoms with E-state index in [4.69, 9.17) is 5.26 Å². The second-order valence-corrected chi connectivity index (χ2v) is 6.09. The zero-order chi connectivity index (χ0) is 14.3. The summed E-state index contributed by atoms with van der Waals surface area (Å²) in [7, 11) is -1.93. The molecule has 0 aliphatic carbocycles. The minimum absolute atomic E-state index is 0.323. The van der Waals surface area contributed by atoms with E-state index >= 15 is 0 Å². The Morgan fingerprint density at radius 2 is 1.95 bits per heavy atom. The monoisotopic (exact) mass is 281 g/mol. The van der Waals surface area contributed by atoms with Crippen LogP contribution in [0.2, 0.25) is 0 Å². The highest BCUT2D eigenvalue weighted by molar-refractivity contribution is 7.90. The summed E-state index contributed by atoms with van der Waals surface area (Å²) in [5, 5.41) is 8.56. The van der Waals surface area contributed by atoms with Crippen LogP contribution in [-0.2, 0) is 16.6 Å². The van der Waals surface area contributed by atoms with Crippen molar-refractivity contribution in [3.05, 3.63) is 29.8 Å². The number of hydrogen-bond donors (Lipinski definition) is 1. The van der Waals surface area contributed by atoms with Gasteiger partial charge in [0.2, 0.25) is 0 Å². The SMILES string of the molecule is CCCCN(C)S(=O)(=O)Nc1ccc(CC#N)cc1.